The number of nitrogens with one attached hydrogen (secondary N) is 1. The van der Waals surface area contributed by atoms with E-state index in [0.717, 1.165) is 22.7 Å². The van der Waals surface area contributed by atoms with Gasteiger partial charge in [0.25, 0.3) is 0 Å². The molecule has 0 spiro atoms. The number of benzene rings is 1. The van der Waals surface area contributed by atoms with Crippen molar-refractivity contribution >= 4 is 16.9 Å². The van der Waals surface area contributed by atoms with Crippen molar-refractivity contribution < 1.29 is 0 Å². The van der Waals surface area contributed by atoms with Gasteiger partial charge in [-0.2, -0.15) is 5.10 Å². The largest absolute Gasteiger partial charge is 0.361 e. The Kier molecular flexibility index (Phi) is 2.51. The van der Waals surface area contributed by atoms with Gasteiger partial charge >= 0.3 is 0 Å². The molecule has 3 rings (SSSR count). The molecular weight excluding hydrogens is 226 g/mol. The minimum atomic E-state index is 0.669. The molecule has 0 radical (unpaired) electrons. The average Bonchev–Trinajstić information content (AvgIpc) is 2.92. The number of hydrogen-bond donors (Lipinski definition) is 1. The van der Waals surface area contributed by atoms with Crippen molar-refractivity contribution in [2.45, 2.75) is 6.54 Å². The lowest BCUT2D eigenvalue weighted by molar-refractivity contribution is 0.764. The zero-order valence-electron chi connectivity index (χ0n) is 10.5. The fourth-order valence-electron chi connectivity index (χ4n) is 2.03. The Morgan fingerprint density at radius 3 is 2.72 bits per heavy atom. The first-order valence-corrected chi connectivity index (χ1v) is 5.88. The lowest BCUT2D eigenvalue weighted by Gasteiger charge is -2.03. The first-order chi connectivity index (χ1) is 8.74. The second-order valence-electron chi connectivity index (χ2n) is 4.30. The molecule has 2 aromatic heterocycles. The number of aryl methyl sites for hydroxylation is 2. The van der Waals surface area contributed by atoms with E-state index in [0.29, 0.717) is 6.54 Å². The predicted molar refractivity (Wildman–Crippen MR) is 71.2 cm³/mol. The minimum absolute atomic E-state index is 0.669. The van der Waals surface area contributed by atoms with Gasteiger partial charge in [-0.05, 0) is 12.1 Å². The molecule has 18 heavy (non-hydrogen) atoms. The molecule has 3 aromatic rings. The van der Waals surface area contributed by atoms with Crippen LogP contribution >= 0.6 is 0 Å². The Bertz CT molecular complexity index is 680. The highest BCUT2D eigenvalue weighted by Crippen LogP contribution is 2.15. The van der Waals surface area contributed by atoms with Crippen LogP contribution in [-0.2, 0) is 20.6 Å². The molecule has 0 aliphatic heterocycles. The van der Waals surface area contributed by atoms with Crippen molar-refractivity contribution in [1.82, 2.24) is 19.3 Å². The second kappa shape index (κ2) is 4.18. The van der Waals surface area contributed by atoms with E-state index in [1.54, 1.807) is 4.68 Å². The maximum Gasteiger partial charge on any atom is 0.148 e. The van der Waals surface area contributed by atoms with Crippen LogP contribution in [0.1, 0.15) is 5.82 Å². The first-order valence-electron chi connectivity index (χ1n) is 5.88. The van der Waals surface area contributed by atoms with Gasteiger partial charge in [0.15, 0.2) is 0 Å². The number of rotatable bonds is 3. The third kappa shape index (κ3) is 1.84. The number of fused-ring (bicyclic) bond motifs is 1. The number of anilines is 1. The van der Waals surface area contributed by atoms with Gasteiger partial charge in [0.1, 0.15) is 11.6 Å². The van der Waals surface area contributed by atoms with Gasteiger partial charge in [0.2, 0.25) is 0 Å². The quantitative estimate of drug-likeness (QED) is 0.762. The average molecular weight is 241 g/mol. The van der Waals surface area contributed by atoms with Crippen molar-refractivity contribution in [3.05, 3.63) is 42.4 Å². The van der Waals surface area contributed by atoms with Crippen molar-refractivity contribution in [3.63, 3.8) is 0 Å². The van der Waals surface area contributed by atoms with E-state index in [9.17, 15) is 0 Å². The predicted octanol–water partition coefficient (Wildman–Crippen LogP) is 1.92. The van der Waals surface area contributed by atoms with Crippen LogP contribution in [0.3, 0.4) is 0 Å². The molecule has 92 valence electrons. The Hall–Kier alpha value is -2.30. The van der Waals surface area contributed by atoms with E-state index in [-0.39, 0.29) is 0 Å². The van der Waals surface area contributed by atoms with Crippen LogP contribution in [0.15, 0.2) is 36.5 Å². The maximum absolute atomic E-state index is 4.60. The number of imidazole rings is 1. The molecule has 0 unspecified atom stereocenters. The van der Waals surface area contributed by atoms with Crippen LogP contribution in [-0.4, -0.2) is 19.3 Å². The van der Waals surface area contributed by atoms with E-state index in [2.05, 4.69) is 26.0 Å². The Morgan fingerprint density at radius 1 is 1.17 bits per heavy atom. The summed E-state index contributed by atoms with van der Waals surface area (Å²) in [5.74, 6) is 1.87. The lowest BCUT2D eigenvalue weighted by Crippen LogP contribution is -2.06. The third-order valence-electron chi connectivity index (χ3n) is 3.02. The van der Waals surface area contributed by atoms with Crippen LogP contribution in [0.4, 0.5) is 5.82 Å². The fraction of sp³-hybridized carbons (Fsp3) is 0.231. The summed E-state index contributed by atoms with van der Waals surface area (Å²) in [7, 11) is 3.94. The highest BCUT2D eigenvalue weighted by atomic mass is 15.3. The molecule has 0 aliphatic rings. The molecule has 0 saturated heterocycles. The summed E-state index contributed by atoms with van der Waals surface area (Å²) in [6.07, 6.45) is 1.91. The lowest BCUT2D eigenvalue weighted by atomic mass is 10.3. The van der Waals surface area contributed by atoms with Gasteiger partial charge in [-0.1, -0.05) is 12.1 Å². The monoisotopic (exact) mass is 241 g/mol. The van der Waals surface area contributed by atoms with Crippen molar-refractivity contribution in [2.24, 2.45) is 14.1 Å². The second-order valence-corrected chi connectivity index (χ2v) is 4.30. The normalized spacial score (nSPS) is 11.0. The van der Waals surface area contributed by atoms with Gasteiger partial charge in [0.05, 0.1) is 17.6 Å². The van der Waals surface area contributed by atoms with Crippen LogP contribution in [0.2, 0.25) is 0 Å². The summed E-state index contributed by atoms with van der Waals surface area (Å²) in [4.78, 5) is 4.60. The van der Waals surface area contributed by atoms with Gasteiger partial charge < -0.3 is 9.88 Å². The third-order valence-corrected chi connectivity index (χ3v) is 3.02. The van der Waals surface area contributed by atoms with Gasteiger partial charge in [-0.3, -0.25) is 4.68 Å². The zero-order chi connectivity index (χ0) is 12.5. The van der Waals surface area contributed by atoms with E-state index >= 15 is 0 Å². The molecule has 5 heteroatoms. The summed E-state index contributed by atoms with van der Waals surface area (Å²) in [5, 5.41) is 7.55. The van der Waals surface area contributed by atoms with Crippen LogP contribution < -0.4 is 5.32 Å². The van der Waals surface area contributed by atoms with Gasteiger partial charge in [0, 0.05) is 26.4 Å². The summed E-state index contributed by atoms with van der Waals surface area (Å²) >= 11 is 0. The van der Waals surface area contributed by atoms with Gasteiger partial charge in [-0.25, -0.2) is 4.98 Å². The number of para-hydroxylation sites is 2. The molecule has 2 heterocycles. The Balaban J connectivity index is 1.84. The van der Waals surface area contributed by atoms with E-state index < -0.39 is 0 Å². The molecule has 0 saturated carbocycles. The van der Waals surface area contributed by atoms with E-state index in [4.69, 9.17) is 0 Å². The number of hydrogen-bond acceptors (Lipinski definition) is 3. The van der Waals surface area contributed by atoms with Crippen molar-refractivity contribution in [1.29, 1.82) is 0 Å². The molecule has 1 aromatic carbocycles. The standard InChI is InChI=1S/C13H15N5/c1-17-8-7-12(16-17)14-9-13-15-10-5-3-4-6-11(10)18(13)2/h3-8H,9H2,1-2H3,(H,14,16). The summed E-state index contributed by atoms with van der Waals surface area (Å²) in [5.41, 5.74) is 2.17. The Morgan fingerprint density at radius 2 is 2.00 bits per heavy atom. The SMILES string of the molecule is Cn1ccc(NCc2nc3ccccc3n2C)n1. The highest BCUT2D eigenvalue weighted by Gasteiger charge is 2.06. The Labute approximate surface area is 105 Å². The number of aromatic nitrogens is 4. The van der Waals surface area contributed by atoms with E-state index in [1.165, 1.54) is 0 Å². The summed E-state index contributed by atoms with van der Waals surface area (Å²) in [6, 6.07) is 10.1. The number of nitrogens with zero attached hydrogens (tertiary/aromatic N) is 4. The highest BCUT2D eigenvalue weighted by molar-refractivity contribution is 5.75. The topological polar surface area (TPSA) is 47.7 Å². The fourth-order valence-corrected chi connectivity index (χ4v) is 2.03. The summed E-state index contributed by atoms with van der Waals surface area (Å²) < 4.78 is 3.88. The van der Waals surface area contributed by atoms with Crippen LogP contribution in [0.5, 0.6) is 0 Å². The van der Waals surface area contributed by atoms with Gasteiger partial charge in [-0.15, -0.1) is 0 Å². The molecule has 0 fully saturated rings. The molecule has 1 N–H and O–H groups in total. The molecule has 0 bridgehead atoms. The maximum atomic E-state index is 4.60. The first kappa shape index (κ1) is 10.8. The molecule has 5 nitrogen and oxygen atoms in total. The van der Waals surface area contributed by atoms with E-state index in [1.807, 2.05) is 44.6 Å². The van der Waals surface area contributed by atoms with Crippen LogP contribution in [0.25, 0.3) is 11.0 Å². The molecule has 0 aliphatic carbocycles. The summed E-state index contributed by atoms with van der Waals surface area (Å²) in [6.45, 7) is 0.669. The molecular formula is C13H15N5. The minimum Gasteiger partial charge on any atom is -0.361 e. The smallest absolute Gasteiger partial charge is 0.148 e. The van der Waals surface area contributed by atoms with Crippen LogP contribution in [0, 0.1) is 0 Å². The van der Waals surface area contributed by atoms with Crippen molar-refractivity contribution in [3.8, 4) is 0 Å². The zero-order valence-corrected chi connectivity index (χ0v) is 10.5. The van der Waals surface area contributed by atoms with Crippen molar-refractivity contribution in [2.75, 3.05) is 5.32 Å². The molecule has 0 amide bonds. The molecule has 0 atom stereocenters.